The Morgan fingerprint density at radius 2 is 1.77 bits per heavy atom. The number of hydrogen-bond acceptors (Lipinski definition) is 5. The molecule has 0 radical (unpaired) electrons. The first-order valence-electron chi connectivity index (χ1n) is 3.91. The highest BCUT2D eigenvalue weighted by molar-refractivity contribution is 6.32. The van der Waals surface area contributed by atoms with E-state index in [2.05, 4.69) is 9.47 Å². The molecule has 0 aliphatic carbocycles. The van der Waals surface area contributed by atoms with Crippen LogP contribution in [-0.4, -0.2) is 30.9 Å². The molecule has 0 aromatic carbocycles. The van der Waals surface area contributed by atoms with Crippen molar-refractivity contribution in [2.75, 3.05) is 13.2 Å². The fourth-order valence-electron chi connectivity index (χ4n) is 0.562. The summed E-state index contributed by atoms with van der Waals surface area (Å²) in [6.07, 6.45) is -0.0210. The standard InChI is InChI=1S/C8H12O5/c1-3-12-7(10)4-5-13-8(11)6(2)9/h3-5H2,1-2H3. The lowest BCUT2D eigenvalue weighted by molar-refractivity contribution is -0.155. The monoisotopic (exact) mass is 188 g/mol. The fourth-order valence-corrected chi connectivity index (χ4v) is 0.562. The summed E-state index contributed by atoms with van der Waals surface area (Å²) in [4.78, 5) is 31.6. The minimum absolute atomic E-state index is 0.0210. The Kier molecular flexibility index (Phi) is 5.50. The van der Waals surface area contributed by atoms with Crippen molar-refractivity contribution in [2.45, 2.75) is 20.3 Å². The van der Waals surface area contributed by atoms with Crippen molar-refractivity contribution in [3.05, 3.63) is 0 Å². The molecule has 5 heteroatoms. The summed E-state index contributed by atoms with van der Waals surface area (Å²) in [5.74, 6) is -2.05. The molecule has 0 aliphatic heterocycles. The Morgan fingerprint density at radius 3 is 2.23 bits per heavy atom. The maximum absolute atomic E-state index is 10.7. The van der Waals surface area contributed by atoms with Crippen molar-refractivity contribution in [3.63, 3.8) is 0 Å². The molecule has 74 valence electrons. The summed E-state index contributed by atoms with van der Waals surface area (Å²) in [5, 5.41) is 0. The van der Waals surface area contributed by atoms with Gasteiger partial charge in [-0.25, -0.2) is 4.79 Å². The number of hydrogen-bond donors (Lipinski definition) is 0. The van der Waals surface area contributed by atoms with Crippen LogP contribution in [0.3, 0.4) is 0 Å². The van der Waals surface area contributed by atoms with Crippen molar-refractivity contribution in [2.24, 2.45) is 0 Å². The summed E-state index contributed by atoms with van der Waals surface area (Å²) in [5.41, 5.74) is 0. The van der Waals surface area contributed by atoms with Gasteiger partial charge in [0.05, 0.1) is 13.0 Å². The average molecular weight is 188 g/mol. The van der Waals surface area contributed by atoms with Gasteiger partial charge in [-0.15, -0.1) is 0 Å². The minimum Gasteiger partial charge on any atom is -0.466 e. The van der Waals surface area contributed by atoms with E-state index in [9.17, 15) is 14.4 Å². The minimum atomic E-state index is -0.927. The molecule has 0 unspecified atom stereocenters. The van der Waals surface area contributed by atoms with E-state index in [-0.39, 0.29) is 13.0 Å². The summed E-state index contributed by atoms with van der Waals surface area (Å²) in [7, 11) is 0. The van der Waals surface area contributed by atoms with Crippen molar-refractivity contribution in [1.29, 1.82) is 0 Å². The molecular weight excluding hydrogens is 176 g/mol. The second-order valence-electron chi connectivity index (χ2n) is 2.25. The van der Waals surface area contributed by atoms with Crippen LogP contribution >= 0.6 is 0 Å². The van der Waals surface area contributed by atoms with Gasteiger partial charge in [0.15, 0.2) is 0 Å². The lowest BCUT2D eigenvalue weighted by Crippen LogP contribution is -2.16. The highest BCUT2D eigenvalue weighted by Crippen LogP contribution is 1.89. The Morgan fingerprint density at radius 1 is 1.15 bits per heavy atom. The number of rotatable bonds is 5. The van der Waals surface area contributed by atoms with Crippen LogP contribution in [0.4, 0.5) is 0 Å². The Balaban J connectivity index is 3.50. The topological polar surface area (TPSA) is 69.7 Å². The van der Waals surface area contributed by atoms with Crippen molar-refractivity contribution in [3.8, 4) is 0 Å². The predicted molar refractivity (Wildman–Crippen MR) is 42.9 cm³/mol. The second kappa shape index (κ2) is 6.16. The van der Waals surface area contributed by atoms with E-state index in [1.807, 2.05) is 0 Å². The van der Waals surface area contributed by atoms with Gasteiger partial charge in [0.25, 0.3) is 0 Å². The number of ketones is 1. The van der Waals surface area contributed by atoms with Gasteiger partial charge < -0.3 is 9.47 Å². The number of carbonyl (C=O) groups is 3. The first-order chi connectivity index (χ1) is 6.07. The second-order valence-corrected chi connectivity index (χ2v) is 2.25. The molecule has 0 fully saturated rings. The number of ether oxygens (including phenoxy) is 2. The van der Waals surface area contributed by atoms with Crippen LogP contribution in [0.5, 0.6) is 0 Å². The first kappa shape index (κ1) is 11.6. The van der Waals surface area contributed by atoms with Gasteiger partial charge in [0, 0.05) is 6.92 Å². The normalized spacial score (nSPS) is 9.08. The molecule has 0 N–H and O–H groups in total. The molecule has 0 aromatic heterocycles. The van der Waals surface area contributed by atoms with E-state index in [1.165, 1.54) is 0 Å². The highest BCUT2D eigenvalue weighted by atomic mass is 16.5. The lowest BCUT2D eigenvalue weighted by atomic mass is 10.4. The Hall–Kier alpha value is -1.39. The molecule has 0 spiro atoms. The summed E-state index contributed by atoms with van der Waals surface area (Å²) in [6.45, 7) is 2.96. The number of carbonyl (C=O) groups excluding carboxylic acids is 3. The van der Waals surface area contributed by atoms with E-state index < -0.39 is 17.7 Å². The zero-order chi connectivity index (χ0) is 10.3. The third kappa shape index (κ3) is 5.84. The van der Waals surface area contributed by atoms with Gasteiger partial charge in [0.1, 0.15) is 6.61 Å². The van der Waals surface area contributed by atoms with E-state index in [1.54, 1.807) is 6.92 Å². The summed E-state index contributed by atoms with van der Waals surface area (Å²) >= 11 is 0. The van der Waals surface area contributed by atoms with Crippen LogP contribution in [-0.2, 0) is 23.9 Å². The van der Waals surface area contributed by atoms with Crippen LogP contribution in [0.15, 0.2) is 0 Å². The van der Waals surface area contributed by atoms with Crippen LogP contribution in [0.25, 0.3) is 0 Å². The molecular formula is C8H12O5. The smallest absolute Gasteiger partial charge is 0.374 e. The maximum Gasteiger partial charge on any atom is 0.374 e. The first-order valence-corrected chi connectivity index (χ1v) is 3.91. The lowest BCUT2D eigenvalue weighted by Gasteiger charge is -2.01. The van der Waals surface area contributed by atoms with Crippen LogP contribution in [0.2, 0.25) is 0 Å². The van der Waals surface area contributed by atoms with Crippen LogP contribution in [0.1, 0.15) is 20.3 Å². The predicted octanol–water partition coefficient (Wildman–Crippen LogP) is 0.0718. The number of Topliss-reactive ketones (excluding diaryl/α,β-unsaturated/α-hetero) is 1. The molecule has 0 heterocycles. The van der Waals surface area contributed by atoms with E-state index in [4.69, 9.17) is 0 Å². The summed E-state index contributed by atoms with van der Waals surface area (Å²) in [6, 6.07) is 0. The maximum atomic E-state index is 10.7. The SMILES string of the molecule is CCOC(=O)CCOC(=O)C(C)=O. The highest BCUT2D eigenvalue weighted by Gasteiger charge is 2.09. The molecule has 0 saturated heterocycles. The molecule has 0 rings (SSSR count). The molecule has 0 amide bonds. The molecule has 0 aromatic rings. The van der Waals surface area contributed by atoms with E-state index >= 15 is 0 Å². The van der Waals surface area contributed by atoms with Crippen molar-refractivity contribution < 1.29 is 23.9 Å². The van der Waals surface area contributed by atoms with Gasteiger partial charge in [-0.3, -0.25) is 9.59 Å². The van der Waals surface area contributed by atoms with Gasteiger partial charge in [0.2, 0.25) is 5.78 Å². The van der Waals surface area contributed by atoms with E-state index in [0.29, 0.717) is 6.61 Å². The van der Waals surface area contributed by atoms with Crippen LogP contribution in [0, 0.1) is 0 Å². The molecule has 0 saturated carbocycles. The third-order valence-electron chi connectivity index (χ3n) is 1.13. The fraction of sp³-hybridized carbons (Fsp3) is 0.625. The molecule has 5 nitrogen and oxygen atoms in total. The molecule has 0 atom stereocenters. The van der Waals surface area contributed by atoms with Crippen LogP contribution < -0.4 is 0 Å². The molecule has 0 bridgehead atoms. The van der Waals surface area contributed by atoms with E-state index in [0.717, 1.165) is 6.92 Å². The molecule has 0 aliphatic rings. The zero-order valence-electron chi connectivity index (χ0n) is 7.66. The average Bonchev–Trinajstić information content (AvgIpc) is 2.04. The van der Waals surface area contributed by atoms with Gasteiger partial charge in [-0.05, 0) is 6.92 Å². The summed E-state index contributed by atoms with van der Waals surface area (Å²) < 4.78 is 9.00. The zero-order valence-corrected chi connectivity index (χ0v) is 7.66. The number of esters is 2. The van der Waals surface area contributed by atoms with Crippen molar-refractivity contribution in [1.82, 2.24) is 0 Å². The quantitative estimate of drug-likeness (QED) is 0.451. The molecule has 13 heavy (non-hydrogen) atoms. The van der Waals surface area contributed by atoms with Gasteiger partial charge in [-0.2, -0.15) is 0 Å². The van der Waals surface area contributed by atoms with Crippen molar-refractivity contribution >= 4 is 17.7 Å². The Labute approximate surface area is 76.0 Å². The van der Waals surface area contributed by atoms with Gasteiger partial charge >= 0.3 is 11.9 Å². The van der Waals surface area contributed by atoms with Gasteiger partial charge in [-0.1, -0.05) is 0 Å². The third-order valence-corrected chi connectivity index (χ3v) is 1.13. The largest absolute Gasteiger partial charge is 0.466 e. The Bertz CT molecular complexity index is 209.